The second kappa shape index (κ2) is 7.47. The van der Waals surface area contributed by atoms with E-state index in [0.29, 0.717) is 17.3 Å². The summed E-state index contributed by atoms with van der Waals surface area (Å²) in [7, 11) is 0. The molecule has 7 nitrogen and oxygen atoms in total. The lowest BCUT2D eigenvalue weighted by atomic mass is 9.95. The first-order valence-electron chi connectivity index (χ1n) is 7.35. The second-order valence-electron chi connectivity index (χ2n) is 5.20. The molecule has 0 bridgehead atoms. The molecule has 1 unspecified atom stereocenters. The summed E-state index contributed by atoms with van der Waals surface area (Å²) in [6, 6.07) is 8.51. The average molecular weight is 336 g/mol. The molecular weight excluding hydrogens is 316 g/mol. The summed E-state index contributed by atoms with van der Waals surface area (Å²) in [4.78, 5) is 23.5. The van der Waals surface area contributed by atoms with Crippen molar-refractivity contribution in [2.45, 2.75) is 37.1 Å². The highest BCUT2D eigenvalue weighted by atomic mass is 32.2. The number of thioether (sulfide) groups is 1. The molecule has 2 rings (SSSR count). The number of carbonyl (C=O) groups excluding carboxylic acids is 1. The molecule has 0 saturated heterocycles. The van der Waals surface area contributed by atoms with Crippen LogP contribution >= 0.6 is 11.8 Å². The van der Waals surface area contributed by atoms with Crippen LogP contribution in [0.25, 0.3) is 0 Å². The summed E-state index contributed by atoms with van der Waals surface area (Å²) in [5, 5.41) is 17.4. The minimum atomic E-state index is -1.82. The number of primary amides is 1. The van der Waals surface area contributed by atoms with Gasteiger partial charge in [0.1, 0.15) is 0 Å². The lowest BCUT2D eigenvalue weighted by molar-refractivity contribution is -0.134. The molecule has 0 fully saturated rings. The van der Waals surface area contributed by atoms with Crippen LogP contribution in [0.3, 0.4) is 0 Å². The van der Waals surface area contributed by atoms with E-state index in [2.05, 4.69) is 10.2 Å². The van der Waals surface area contributed by atoms with Crippen LogP contribution in [0.2, 0.25) is 0 Å². The molecular formula is C15H20N4O3S. The quantitative estimate of drug-likeness (QED) is 0.618. The molecule has 23 heavy (non-hydrogen) atoms. The first kappa shape index (κ1) is 17.3. The average Bonchev–Trinajstić information content (AvgIpc) is 2.91. The third-order valence-electron chi connectivity index (χ3n) is 3.53. The van der Waals surface area contributed by atoms with Crippen molar-refractivity contribution >= 4 is 17.7 Å². The Bertz CT molecular complexity index is 713. The highest BCUT2D eigenvalue weighted by Gasteiger charge is 2.36. The zero-order valence-corrected chi connectivity index (χ0v) is 13.7. The zero-order chi connectivity index (χ0) is 16.9. The minimum absolute atomic E-state index is 0.0250. The van der Waals surface area contributed by atoms with Crippen molar-refractivity contribution < 1.29 is 9.90 Å². The summed E-state index contributed by atoms with van der Waals surface area (Å²) in [6.07, 6.45) is 1.78. The maximum atomic E-state index is 11.8. The molecule has 1 heterocycles. The molecule has 8 heteroatoms. The van der Waals surface area contributed by atoms with Crippen LogP contribution in [-0.4, -0.2) is 31.5 Å². The number of carbonyl (C=O) groups is 1. The van der Waals surface area contributed by atoms with Crippen molar-refractivity contribution in [3.8, 4) is 0 Å². The topological polar surface area (TPSA) is 114 Å². The van der Waals surface area contributed by atoms with Gasteiger partial charge in [-0.3, -0.25) is 9.36 Å². The standard InChI is InChI=1S/C15H20N4O3S/c1-2-3-9-19-13(21)17-18-14(19)23-10-15(22,12(16)20)11-7-5-4-6-8-11/h4-8,22H,2-3,9-10H2,1H3,(H2,16,20)(H,17,21). The van der Waals surface area contributed by atoms with Crippen molar-refractivity contribution in [2.24, 2.45) is 5.73 Å². The maximum absolute atomic E-state index is 11.8. The Kier molecular flexibility index (Phi) is 5.62. The number of nitrogens with one attached hydrogen (secondary N) is 1. The van der Waals surface area contributed by atoms with E-state index < -0.39 is 11.5 Å². The van der Waals surface area contributed by atoms with Crippen molar-refractivity contribution in [1.82, 2.24) is 14.8 Å². The first-order valence-corrected chi connectivity index (χ1v) is 8.33. The Labute approximate surface area is 137 Å². The fourth-order valence-corrected chi connectivity index (χ4v) is 3.19. The van der Waals surface area contributed by atoms with Gasteiger partial charge in [-0.15, -0.1) is 5.10 Å². The van der Waals surface area contributed by atoms with E-state index in [4.69, 9.17) is 5.73 Å². The molecule has 2 aromatic rings. The summed E-state index contributed by atoms with van der Waals surface area (Å²) in [5.41, 5.74) is 3.68. The van der Waals surface area contributed by atoms with E-state index in [1.807, 2.05) is 6.92 Å². The number of nitrogens with zero attached hydrogens (tertiary/aromatic N) is 2. The Hall–Kier alpha value is -2.06. The van der Waals surface area contributed by atoms with Gasteiger partial charge in [0.2, 0.25) is 0 Å². The summed E-state index contributed by atoms with van der Waals surface area (Å²) in [5.74, 6) is -0.864. The predicted molar refractivity (Wildman–Crippen MR) is 88.0 cm³/mol. The highest BCUT2D eigenvalue weighted by molar-refractivity contribution is 7.99. The van der Waals surface area contributed by atoms with Crippen molar-refractivity contribution in [3.63, 3.8) is 0 Å². The van der Waals surface area contributed by atoms with Crippen molar-refractivity contribution in [3.05, 3.63) is 46.4 Å². The molecule has 0 aliphatic heterocycles. The lowest BCUT2D eigenvalue weighted by Gasteiger charge is -2.24. The monoisotopic (exact) mass is 336 g/mol. The van der Waals surface area contributed by atoms with E-state index >= 15 is 0 Å². The molecule has 0 aliphatic rings. The number of benzene rings is 1. The molecule has 0 spiro atoms. The fraction of sp³-hybridized carbons (Fsp3) is 0.400. The van der Waals surface area contributed by atoms with E-state index in [1.54, 1.807) is 30.3 Å². The van der Waals surface area contributed by atoms with Gasteiger partial charge in [0.25, 0.3) is 5.91 Å². The molecule has 124 valence electrons. The van der Waals surface area contributed by atoms with Gasteiger partial charge in [0.15, 0.2) is 10.8 Å². The summed E-state index contributed by atoms with van der Waals surface area (Å²) in [6.45, 7) is 2.56. The minimum Gasteiger partial charge on any atom is -0.375 e. The first-order chi connectivity index (χ1) is 11.0. The largest absolute Gasteiger partial charge is 0.375 e. The third kappa shape index (κ3) is 3.83. The van der Waals surface area contributed by atoms with Gasteiger partial charge in [-0.25, -0.2) is 9.89 Å². The third-order valence-corrected chi connectivity index (χ3v) is 4.66. The van der Waals surface area contributed by atoms with Gasteiger partial charge in [-0.1, -0.05) is 55.4 Å². The lowest BCUT2D eigenvalue weighted by Crippen LogP contribution is -2.43. The van der Waals surface area contributed by atoms with Gasteiger partial charge in [0, 0.05) is 12.3 Å². The molecule has 1 aromatic carbocycles. The SMILES string of the molecule is CCCCn1c(SCC(O)(C(N)=O)c2ccccc2)n[nH]c1=O. The van der Waals surface area contributed by atoms with E-state index in [-0.39, 0.29) is 11.4 Å². The number of rotatable bonds is 8. The van der Waals surface area contributed by atoms with Crippen LogP contribution in [0.15, 0.2) is 40.3 Å². The Balaban J connectivity index is 2.21. The van der Waals surface area contributed by atoms with E-state index in [1.165, 1.54) is 4.57 Å². The highest BCUT2D eigenvalue weighted by Crippen LogP contribution is 2.28. The molecule has 0 aliphatic carbocycles. The maximum Gasteiger partial charge on any atom is 0.343 e. The number of nitrogens with two attached hydrogens (primary N) is 1. The number of hydrogen-bond acceptors (Lipinski definition) is 5. The fourth-order valence-electron chi connectivity index (χ4n) is 2.11. The van der Waals surface area contributed by atoms with Crippen LogP contribution in [0.1, 0.15) is 25.3 Å². The number of aromatic amines is 1. The van der Waals surface area contributed by atoms with Crippen LogP contribution in [-0.2, 0) is 16.9 Å². The molecule has 0 radical (unpaired) electrons. The Morgan fingerprint density at radius 2 is 2.13 bits per heavy atom. The number of aromatic nitrogens is 3. The smallest absolute Gasteiger partial charge is 0.343 e. The summed E-state index contributed by atoms with van der Waals surface area (Å²) >= 11 is 1.12. The number of aliphatic hydroxyl groups is 1. The zero-order valence-electron chi connectivity index (χ0n) is 12.9. The number of unbranched alkanes of at least 4 members (excludes halogenated alkanes) is 1. The number of H-pyrrole nitrogens is 1. The van der Waals surface area contributed by atoms with Crippen LogP contribution in [0.5, 0.6) is 0 Å². The Morgan fingerprint density at radius 3 is 2.74 bits per heavy atom. The van der Waals surface area contributed by atoms with Crippen molar-refractivity contribution in [1.29, 1.82) is 0 Å². The van der Waals surface area contributed by atoms with E-state index in [9.17, 15) is 14.7 Å². The number of hydrogen-bond donors (Lipinski definition) is 3. The van der Waals surface area contributed by atoms with Crippen LogP contribution in [0.4, 0.5) is 0 Å². The van der Waals surface area contributed by atoms with Gasteiger partial charge in [-0.05, 0) is 12.0 Å². The Morgan fingerprint density at radius 1 is 1.43 bits per heavy atom. The van der Waals surface area contributed by atoms with Crippen LogP contribution in [0, 0.1) is 0 Å². The van der Waals surface area contributed by atoms with E-state index in [0.717, 1.165) is 24.6 Å². The van der Waals surface area contributed by atoms with Crippen LogP contribution < -0.4 is 11.4 Å². The van der Waals surface area contributed by atoms with Crippen molar-refractivity contribution in [2.75, 3.05) is 5.75 Å². The molecule has 0 saturated carbocycles. The molecule has 1 atom stereocenters. The molecule has 4 N–H and O–H groups in total. The van der Waals surface area contributed by atoms with Gasteiger partial charge in [-0.2, -0.15) is 0 Å². The van der Waals surface area contributed by atoms with Gasteiger partial charge in [0.05, 0.1) is 0 Å². The molecule has 1 aromatic heterocycles. The second-order valence-corrected chi connectivity index (χ2v) is 6.14. The molecule has 1 amide bonds. The number of amides is 1. The predicted octanol–water partition coefficient (Wildman–Crippen LogP) is 0.837. The normalized spacial score (nSPS) is 13.7. The van der Waals surface area contributed by atoms with Gasteiger partial charge >= 0.3 is 5.69 Å². The van der Waals surface area contributed by atoms with Gasteiger partial charge < -0.3 is 10.8 Å². The summed E-state index contributed by atoms with van der Waals surface area (Å²) < 4.78 is 1.50.